The van der Waals surface area contributed by atoms with Crippen LogP contribution in [0.25, 0.3) is 0 Å². The summed E-state index contributed by atoms with van der Waals surface area (Å²) in [5, 5.41) is 2.92. The first-order valence-electron chi connectivity index (χ1n) is 4.45. The van der Waals surface area contributed by atoms with Crippen LogP contribution in [0.4, 0.5) is 13.2 Å². The molecule has 7 heteroatoms. The lowest BCUT2D eigenvalue weighted by Crippen LogP contribution is -2.11. The number of alkyl halides is 4. The highest BCUT2D eigenvalue weighted by molar-refractivity contribution is 6.20. The molecule has 1 unspecified atom stereocenters. The molecule has 0 spiro atoms. The molecule has 0 aliphatic carbocycles. The molecular weight excluding hydrogens is 233 g/mol. The van der Waals surface area contributed by atoms with Crippen molar-refractivity contribution < 1.29 is 17.7 Å². The fourth-order valence-electron chi connectivity index (χ4n) is 1.02. The molecule has 86 valence electrons. The van der Waals surface area contributed by atoms with Gasteiger partial charge in [-0.1, -0.05) is 18.5 Å². The summed E-state index contributed by atoms with van der Waals surface area (Å²) < 4.78 is 40.3. The van der Waals surface area contributed by atoms with Gasteiger partial charge in [-0.2, -0.15) is 18.2 Å². The molecule has 0 aliphatic heterocycles. The van der Waals surface area contributed by atoms with Crippen molar-refractivity contribution in [3.8, 4) is 0 Å². The van der Waals surface area contributed by atoms with E-state index in [0.29, 0.717) is 6.42 Å². The van der Waals surface area contributed by atoms with Crippen LogP contribution < -0.4 is 0 Å². The molecule has 0 aliphatic rings. The van der Waals surface area contributed by atoms with Crippen molar-refractivity contribution in [2.75, 3.05) is 0 Å². The molecule has 1 heterocycles. The number of rotatable bonds is 4. The molecule has 1 atom stereocenters. The molecule has 3 nitrogen and oxygen atoms in total. The summed E-state index contributed by atoms with van der Waals surface area (Å²) in [6.07, 6.45) is -4.14. The summed E-state index contributed by atoms with van der Waals surface area (Å²) in [7, 11) is 0. The van der Waals surface area contributed by atoms with Crippen LogP contribution >= 0.6 is 11.6 Å². The first-order chi connectivity index (χ1) is 6.92. The van der Waals surface area contributed by atoms with Crippen LogP contribution in [-0.4, -0.2) is 16.3 Å². The van der Waals surface area contributed by atoms with Gasteiger partial charge in [0.1, 0.15) is 6.42 Å². The normalized spacial score (nSPS) is 14.2. The van der Waals surface area contributed by atoms with Crippen LogP contribution in [0.15, 0.2) is 4.52 Å². The lowest BCUT2D eigenvalue weighted by Gasteiger charge is -2.01. The minimum atomic E-state index is -4.34. The molecule has 0 saturated heterocycles. The third-order valence-electron chi connectivity index (χ3n) is 1.66. The monoisotopic (exact) mass is 242 g/mol. The Morgan fingerprint density at radius 1 is 1.47 bits per heavy atom. The molecule has 1 aromatic rings. The van der Waals surface area contributed by atoms with Gasteiger partial charge in [-0.15, -0.1) is 11.6 Å². The maximum absolute atomic E-state index is 11.9. The highest BCUT2D eigenvalue weighted by atomic mass is 35.5. The van der Waals surface area contributed by atoms with Crippen molar-refractivity contribution in [1.82, 2.24) is 10.1 Å². The minimum Gasteiger partial charge on any atom is -0.339 e. The Labute approximate surface area is 89.6 Å². The van der Waals surface area contributed by atoms with Crippen molar-refractivity contribution in [3.05, 3.63) is 11.7 Å². The zero-order valence-electron chi connectivity index (χ0n) is 8.01. The van der Waals surface area contributed by atoms with Gasteiger partial charge < -0.3 is 4.52 Å². The molecule has 0 fully saturated rings. The lowest BCUT2D eigenvalue weighted by molar-refractivity contribution is -0.131. The Morgan fingerprint density at radius 3 is 2.67 bits per heavy atom. The Bertz CT molecular complexity index is 313. The van der Waals surface area contributed by atoms with E-state index in [4.69, 9.17) is 11.6 Å². The number of halogens is 4. The fourth-order valence-corrected chi connectivity index (χ4v) is 1.33. The van der Waals surface area contributed by atoms with E-state index in [-0.39, 0.29) is 5.82 Å². The van der Waals surface area contributed by atoms with Crippen LogP contribution in [0.1, 0.15) is 36.9 Å². The van der Waals surface area contributed by atoms with Crippen LogP contribution in [0, 0.1) is 0 Å². The van der Waals surface area contributed by atoms with E-state index in [2.05, 4.69) is 14.7 Å². The van der Waals surface area contributed by atoms with Gasteiger partial charge in [0, 0.05) is 0 Å². The lowest BCUT2D eigenvalue weighted by atomic mass is 10.2. The first kappa shape index (κ1) is 12.3. The zero-order valence-corrected chi connectivity index (χ0v) is 8.77. The SMILES string of the molecule is CCCC(Cl)c1noc(CC(F)(F)F)n1. The van der Waals surface area contributed by atoms with E-state index in [1.54, 1.807) is 0 Å². The second kappa shape index (κ2) is 4.83. The highest BCUT2D eigenvalue weighted by Gasteiger charge is 2.31. The number of aromatic nitrogens is 2. The van der Waals surface area contributed by atoms with Crippen molar-refractivity contribution >= 4 is 11.6 Å². The summed E-state index contributed by atoms with van der Waals surface area (Å²) in [5.41, 5.74) is 0. The predicted molar refractivity (Wildman–Crippen MR) is 47.6 cm³/mol. The van der Waals surface area contributed by atoms with E-state index < -0.39 is 23.9 Å². The van der Waals surface area contributed by atoms with E-state index in [1.165, 1.54) is 0 Å². The third kappa shape index (κ3) is 4.07. The van der Waals surface area contributed by atoms with Gasteiger partial charge in [-0.3, -0.25) is 0 Å². The number of hydrogen-bond donors (Lipinski definition) is 0. The second-order valence-corrected chi connectivity index (χ2v) is 3.62. The fraction of sp³-hybridized carbons (Fsp3) is 0.750. The van der Waals surface area contributed by atoms with Crippen LogP contribution in [0.5, 0.6) is 0 Å². The van der Waals surface area contributed by atoms with Crippen LogP contribution in [0.2, 0.25) is 0 Å². The van der Waals surface area contributed by atoms with Gasteiger partial charge in [-0.05, 0) is 6.42 Å². The Kier molecular flexibility index (Phi) is 3.96. The molecule has 1 aromatic heterocycles. The van der Waals surface area contributed by atoms with Crippen molar-refractivity contribution in [1.29, 1.82) is 0 Å². The summed E-state index contributed by atoms with van der Waals surface area (Å²) in [6, 6.07) is 0. The molecule has 0 N–H and O–H groups in total. The van der Waals surface area contributed by atoms with Crippen molar-refractivity contribution in [2.45, 2.75) is 37.7 Å². The summed E-state index contributed by atoms with van der Waals surface area (Å²) in [6.45, 7) is 1.91. The average molecular weight is 243 g/mol. The van der Waals surface area contributed by atoms with Gasteiger partial charge in [0.15, 0.2) is 5.82 Å². The maximum atomic E-state index is 11.9. The first-order valence-corrected chi connectivity index (χ1v) is 4.89. The van der Waals surface area contributed by atoms with Crippen LogP contribution in [-0.2, 0) is 6.42 Å². The van der Waals surface area contributed by atoms with Crippen molar-refractivity contribution in [2.24, 2.45) is 0 Å². The smallest absolute Gasteiger partial charge is 0.339 e. The molecule has 0 amide bonds. The standard InChI is InChI=1S/C8H10ClF3N2O/c1-2-3-5(9)7-13-6(15-14-7)4-8(10,11)12/h5H,2-4H2,1H3. The van der Waals surface area contributed by atoms with E-state index in [9.17, 15) is 13.2 Å². The Balaban J connectivity index is 2.64. The quantitative estimate of drug-likeness (QED) is 0.761. The molecule has 0 radical (unpaired) electrons. The molecular formula is C8H10ClF3N2O. The third-order valence-corrected chi connectivity index (χ3v) is 2.07. The molecule has 15 heavy (non-hydrogen) atoms. The van der Waals surface area contributed by atoms with Gasteiger partial charge in [0.05, 0.1) is 5.38 Å². The van der Waals surface area contributed by atoms with Gasteiger partial charge in [0.25, 0.3) is 0 Å². The summed E-state index contributed by atoms with van der Waals surface area (Å²) in [4.78, 5) is 3.58. The molecule has 0 bridgehead atoms. The predicted octanol–water partition coefficient (Wildman–Crippen LogP) is 3.25. The second-order valence-electron chi connectivity index (χ2n) is 3.09. The van der Waals surface area contributed by atoms with E-state index in [1.807, 2.05) is 6.92 Å². The van der Waals surface area contributed by atoms with Gasteiger partial charge >= 0.3 is 6.18 Å². The summed E-state index contributed by atoms with van der Waals surface area (Å²) in [5.74, 6) is -0.322. The largest absolute Gasteiger partial charge is 0.397 e. The molecule has 1 rings (SSSR count). The molecule has 0 aromatic carbocycles. The van der Waals surface area contributed by atoms with E-state index >= 15 is 0 Å². The van der Waals surface area contributed by atoms with Crippen molar-refractivity contribution in [3.63, 3.8) is 0 Å². The zero-order chi connectivity index (χ0) is 11.5. The number of nitrogens with zero attached hydrogens (tertiary/aromatic N) is 2. The topological polar surface area (TPSA) is 38.9 Å². The maximum Gasteiger partial charge on any atom is 0.397 e. The van der Waals surface area contributed by atoms with Crippen LogP contribution in [0.3, 0.4) is 0 Å². The number of hydrogen-bond acceptors (Lipinski definition) is 3. The minimum absolute atomic E-state index is 0.123. The molecule has 0 saturated carbocycles. The summed E-state index contributed by atoms with van der Waals surface area (Å²) >= 11 is 5.82. The Morgan fingerprint density at radius 2 is 2.13 bits per heavy atom. The average Bonchev–Trinajstić information content (AvgIpc) is 2.50. The Hall–Kier alpha value is -0.780. The van der Waals surface area contributed by atoms with E-state index in [0.717, 1.165) is 6.42 Å². The van der Waals surface area contributed by atoms with Gasteiger partial charge in [0.2, 0.25) is 5.89 Å². The highest BCUT2D eigenvalue weighted by Crippen LogP contribution is 2.25. The van der Waals surface area contributed by atoms with Gasteiger partial charge in [-0.25, -0.2) is 0 Å².